The largest absolute Gasteiger partial charge is 0.370 e. The Bertz CT molecular complexity index is 518. The van der Waals surface area contributed by atoms with E-state index in [1.807, 2.05) is 10.6 Å². The normalized spacial score (nSPS) is 11.4. The molecule has 0 saturated carbocycles. The quantitative estimate of drug-likeness (QED) is 0.751. The molecule has 5 heteroatoms. The number of nitrogens with zero attached hydrogens (tertiary/aromatic N) is 3. The fourth-order valence-corrected chi connectivity index (χ4v) is 2.02. The zero-order valence-electron chi connectivity index (χ0n) is 11.8. The van der Waals surface area contributed by atoms with Gasteiger partial charge in [0.2, 0.25) is 0 Å². The summed E-state index contributed by atoms with van der Waals surface area (Å²) in [5.41, 5.74) is 7.49. The van der Waals surface area contributed by atoms with E-state index in [1.165, 1.54) is 0 Å². The van der Waals surface area contributed by atoms with Crippen LogP contribution in [0.3, 0.4) is 0 Å². The number of nitrogens with one attached hydrogen (secondary N) is 1. The van der Waals surface area contributed by atoms with Crippen LogP contribution in [0.1, 0.15) is 44.7 Å². The maximum Gasteiger partial charge on any atom is 0.157 e. The molecule has 0 spiro atoms. The van der Waals surface area contributed by atoms with Gasteiger partial charge in [-0.1, -0.05) is 20.3 Å². The van der Waals surface area contributed by atoms with Crippen molar-refractivity contribution in [3.05, 3.63) is 24.0 Å². The average Bonchev–Trinajstić information content (AvgIpc) is 2.86. The molecule has 0 saturated heterocycles. The highest BCUT2D eigenvalue weighted by Gasteiger charge is 2.08. The summed E-state index contributed by atoms with van der Waals surface area (Å²) in [7, 11) is 0. The maximum atomic E-state index is 5.49. The lowest BCUT2D eigenvalue weighted by Crippen LogP contribution is -2.09. The highest BCUT2D eigenvalue weighted by Crippen LogP contribution is 2.18. The molecule has 104 valence electrons. The zero-order valence-corrected chi connectivity index (χ0v) is 11.8. The second-order valence-corrected chi connectivity index (χ2v) is 5.10. The van der Waals surface area contributed by atoms with Crippen molar-refractivity contribution in [1.82, 2.24) is 14.6 Å². The molecule has 0 aliphatic heterocycles. The first-order valence-corrected chi connectivity index (χ1v) is 7.01. The molecule has 0 amide bonds. The minimum Gasteiger partial charge on any atom is -0.370 e. The van der Waals surface area contributed by atoms with E-state index in [0.29, 0.717) is 5.92 Å². The molecular weight excluding hydrogens is 238 g/mol. The highest BCUT2D eigenvalue weighted by atomic mass is 15.3. The molecule has 0 bridgehead atoms. The molecule has 0 radical (unpaired) electrons. The molecule has 5 nitrogen and oxygen atoms in total. The Morgan fingerprint density at radius 2 is 2.16 bits per heavy atom. The van der Waals surface area contributed by atoms with Crippen molar-refractivity contribution in [3.8, 4) is 0 Å². The Balaban J connectivity index is 2.09. The van der Waals surface area contributed by atoms with Gasteiger partial charge in [0.15, 0.2) is 5.65 Å². The van der Waals surface area contributed by atoms with Crippen molar-refractivity contribution in [2.45, 2.75) is 39.0 Å². The van der Waals surface area contributed by atoms with Gasteiger partial charge in [0, 0.05) is 24.4 Å². The van der Waals surface area contributed by atoms with E-state index in [1.54, 1.807) is 6.20 Å². The molecule has 3 N–H and O–H groups in total. The molecule has 2 aromatic heterocycles. The second kappa shape index (κ2) is 6.52. The Labute approximate surface area is 114 Å². The molecule has 0 aliphatic carbocycles. The van der Waals surface area contributed by atoms with Crippen LogP contribution < -0.4 is 11.1 Å². The topological polar surface area (TPSA) is 68.2 Å². The van der Waals surface area contributed by atoms with Crippen molar-refractivity contribution >= 4 is 11.5 Å². The van der Waals surface area contributed by atoms with E-state index >= 15 is 0 Å². The molecule has 2 heterocycles. The predicted octanol–water partition coefficient (Wildman–Crippen LogP) is 2.39. The molecule has 19 heavy (non-hydrogen) atoms. The maximum absolute atomic E-state index is 5.49. The van der Waals surface area contributed by atoms with Gasteiger partial charge in [0.25, 0.3) is 0 Å². The van der Waals surface area contributed by atoms with Gasteiger partial charge < -0.3 is 11.1 Å². The van der Waals surface area contributed by atoms with Gasteiger partial charge in [-0.25, -0.2) is 4.98 Å². The van der Waals surface area contributed by atoms with E-state index < -0.39 is 0 Å². The summed E-state index contributed by atoms with van der Waals surface area (Å²) in [6.07, 6.45) is 5.16. The van der Waals surface area contributed by atoms with Crippen LogP contribution in [0, 0.1) is 0 Å². The number of unbranched alkanes of at least 4 members (excludes halogenated alkanes) is 2. The average molecular weight is 261 g/mol. The highest BCUT2D eigenvalue weighted by molar-refractivity contribution is 5.49. The van der Waals surface area contributed by atoms with Crippen LogP contribution in [0.4, 0.5) is 5.82 Å². The van der Waals surface area contributed by atoms with Crippen molar-refractivity contribution in [2.75, 3.05) is 18.4 Å². The minimum atomic E-state index is 0.415. The Hall–Kier alpha value is -1.62. The summed E-state index contributed by atoms with van der Waals surface area (Å²) in [6, 6.07) is 4.03. The number of rotatable bonds is 7. The minimum absolute atomic E-state index is 0.415. The Kier molecular flexibility index (Phi) is 4.74. The van der Waals surface area contributed by atoms with Crippen molar-refractivity contribution < 1.29 is 0 Å². The number of fused-ring (bicyclic) bond motifs is 1. The van der Waals surface area contributed by atoms with Gasteiger partial charge in [0.1, 0.15) is 5.82 Å². The number of anilines is 1. The lowest BCUT2D eigenvalue weighted by Gasteiger charge is -2.12. The Morgan fingerprint density at radius 3 is 2.89 bits per heavy atom. The molecule has 0 fully saturated rings. The molecule has 0 unspecified atom stereocenters. The first-order valence-electron chi connectivity index (χ1n) is 7.01. The fraction of sp³-hybridized carbons (Fsp3) is 0.571. The van der Waals surface area contributed by atoms with E-state index in [9.17, 15) is 0 Å². The molecular formula is C14H23N5. The van der Waals surface area contributed by atoms with Crippen LogP contribution in [0.2, 0.25) is 0 Å². The van der Waals surface area contributed by atoms with Crippen molar-refractivity contribution in [1.29, 1.82) is 0 Å². The third kappa shape index (κ3) is 3.44. The number of hydrogen-bond donors (Lipinski definition) is 2. The SMILES string of the molecule is CC(C)c1cc(NCCCCCN)n2nccc2n1. The standard InChI is InChI=1S/C14H23N5/c1-11(2)12-10-14(16-8-5-3-4-7-15)19-13(18-12)6-9-17-19/h6,9-11,16H,3-5,7-8,15H2,1-2H3. The van der Waals surface area contributed by atoms with Crippen LogP contribution in [0.25, 0.3) is 5.65 Å². The van der Waals surface area contributed by atoms with Crippen molar-refractivity contribution in [3.63, 3.8) is 0 Å². The van der Waals surface area contributed by atoms with Gasteiger partial charge in [-0.15, -0.1) is 0 Å². The lowest BCUT2D eigenvalue weighted by atomic mass is 10.1. The van der Waals surface area contributed by atoms with Crippen LogP contribution in [0.5, 0.6) is 0 Å². The number of hydrogen-bond acceptors (Lipinski definition) is 4. The summed E-state index contributed by atoms with van der Waals surface area (Å²) in [6.45, 7) is 6.02. The lowest BCUT2D eigenvalue weighted by molar-refractivity contribution is 0.704. The monoisotopic (exact) mass is 261 g/mol. The first-order chi connectivity index (χ1) is 9.22. The zero-order chi connectivity index (χ0) is 13.7. The van der Waals surface area contributed by atoms with Crippen LogP contribution in [0.15, 0.2) is 18.3 Å². The van der Waals surface area contributed by atoms with E-state index in [-0.39, 0.29) is 0 Å². The fourth-order valence-electron chi connectivity index (χ4n) is 2.02. The summed E-state index contributed by atoms with van der Waals surface area (Å²) in [5.74, 6) is 1.43. The summed E-state index contributed by atoms with van der Waals surface area (Å²) in [5, 5.41) is 7.75. The number of nitrogens with two attached hydrogens (primary N) is 1. The molecule has 2 aromatic rings. The van der Waals surface area contributed by atoms with Gasteiger partial charge in [0.05, 0.1) is 6.20 Å². The predicted molar refractivity (Wildman–Crippen MR) is 78.5 cm³/mol. The second-order valence-electron chi connectivity index (χ2n) is 5.10. The molecule has 2 rings (SSSR count). The van der Waals surface area contributed by atoms with Gasteiger partial charge in [-0.2, -0.15) is 9.61 Å². The molecule has 0 aromatic carbocycles. The van der Waals surface area contributed by atoms with Crippen molar-refractivity contribution in [2.24, 2.45) is 5.73 Å². The number of aromatic nitrogens is 3. The summed E-state index contributed by atoms with van der Waals surface area (Å²) in [4.78, 5) is 4.60. The first kappa shape index (κ1) is 13.8. The molecule has 0 aliphatic rings. The van der Waals surface area contributed by atoms with Crippen LogP contribution in [-0.4, -0.2) is 27.7 Å². The molecule has 0 atom stereocenters. The van der Waals surface area contributed by atoms with E-state index in [4.69, 9.17) is 5.73 Å². The summed E-state index contributed by atoms with van der Waals surface area (Å²) >= 11 is 0. The van der Waals surface area contributed by atoms with E-state index in [2.05, 4.69) is 35.3 Å². The van der Waals surface area contributed by atoms with Gasteiger partial charge in [-0.05, 0) is 25.3 Å². The van der Waals surface area contributed by atoms with Gasteiger partial charge in [-0.3, -0.25) is 0 Å². The van der Waals surface area contributed by atoms with Crippen LogP contribution in [-0.2, 0) is 0 Å². The van der Waals surface area contributed by atoms with Crippen LogP contribution >= 0.6 is 0 Å². The third-order valence-corrected chi connectivity index (χ3v) is 3.16. The summed E-state index contributed by atoms with van der Waals surface area (Å²) < 4.78 is 1.86. The smallest absolute Gasteiger partial charge is 0.157 e. The van der Waals surface area contributed by atoms with Gasteiger partial charge >= 0.3 is 0 Å². The third-order valence-electron chi connectivity index (χ3n) is 3.16. The Morgan fingerprint density at radius 1 is 1.32 bits per heavy atom. The van der Waals surface area contributed by atoms with E-state index in [0.717, 1.165) is 49.5 Å².